The zero-order valence-corrected chi connectivity index (χ0v) is 8.61. The largest absolute Gasteiger partial charge is 0.481 e. The Hall–Kier alpha value is -0.280. The second-order valence-corrected chi connectivity index (χ2v) is 3.85. The van der Waals surface area contributed by atoms with Gasteiger partial charge in [-0.1, -0.05) is 25.7 Å². The summed E-state index contributed by atoms with van der Waals surface area (Å²) in [7, 11) is 0. The molecule has 0 saturated heterocycles. The smallest absolute Gasteiger partial charge is 0.305 e. The normalized spacial score (nSPS) is 21.3. The van der Waals surface area contributed by atoms with Crippen LogP contribution in [-0.4, -0.2) is 16.6 Å². The predicted molar refractivity (Wildman–Crippen MR) is 54.1 cm³/mol. The lowest BCUT2D eigenvalue weighted by molar-refractivity contribution is -0.138. The molecule has 1 saturated carbocycles. The van der Waals surface area contributed by atoms with Gasteiger partial charge in [0.05, 0.1) is 6.42 Å². The molecular weight excluding hydrogens is 190 g/mol. The van der Waals surface area contributed by atoms with Gasteiger partial charge in [-0.05, 0) is 12.8 Å². The quantitative estimate of drug-likeness (QED) is 0.681. The molecule has 0 aromatic rings. The number of carboxylic acid groups (broad SMARTS) is 1. The zero-order valence-electron chi connectivity index (χ0n) is 7.79. The summed E-state index contributed by atoms with van der Waals surface area (Å²) in [4.78, 5) is 10.5. The SMILES string of the molecule is Cl.NC1(CC(=O)O)CCCCCC1. The number of hydrogen-bond acceptors (Lipinski definition) is 2. The van der Waals surface area contributed by atoms with E-state index in [9.17, 15) is 4.79 Å². The molecule has 0 aromatic heterocycles. The molecule has 3 N–H and O–H groups in total. The number of hydrogen-bond donors (Lipinski definition) is 2. The lowest BCUT2D eigenvalue weighted by Gasteiger charge is -2.25. The van der Waals surface area contributed by atoms with E-state index in [0.717, 1.165) is 25.7 Å². The first kappa shape index (κ1) is 12.7. The van der Waals surface area contributed by atoms with Gasteiger partial charge in [0.15, 0.2) is 0 Å². The van der Waals surface area contributed by atoms with Crippen molar-refractivity contribution in [1.29, 1.82) is 0 Å². The van der Waals surface area contributed by atoms with Crippen LogP contribution in [0.2, 0.25) is 0 Å². The second-order valence-electron chi connectivity index (χ2n) is 3.85. The highest BCUT2D eigenvalue weighted by atomic mass is 35.5. The fraction of sp³-hybridized carbons (Fsp3) is 0.889. The monoisotopic (exact) mass is 207 g/mol. The molecule has 1 rings (SSSR count). The molecule has 78 valence electrons. The van der Waals surface area contributed by atoms with Crippen LogP contribution in [0.5, 0.6) is 0 Å². The number of nitrogens with two attached hydrogens (primary N) is 1. The molecule has 1 aliphatic carbocycles. The van der Waals surface area contributed by atoms with Crippen LogP contribution in [0.3, 0.4) is 0 Å². The number of halogens is 1. The molecule has 3 nitrogen and oxygen atoms in total. The minimum Gasteiger partial charge on any atom is -0.481 e. The van der Waals surface area contributed by atoms with Crippen LogP contribution in [0, 0.1) is 0 Å². The highest BCUT2D eigenvalue weighted by Crippen LogP contribution is 2.27. The summed E-state index contributed by atoms with van der Waals surface area (Å²) in [6.45, 7) is 0. The van der Waals surface area contributed by atoms with Gasteiger partial charge in [-0.25, -0.2) is 0 Å². The van der Waals surface area contributed by atoms with Gasteiger partial charge in [0.2, 0.25) is 0 Å². The van der Waals surface area contributed by atoms with Crippen molar-refractivity contribution in [3.05, 3.63) is 0 Å². The fourth-order valence-corrected chi connectivity index (χ4v) is 1.91. The highest BCUT2D eigenvalue weighted by Gasteiger charge is 2.28. The molecule has 0 unspecified atom stereocenters. The van der Waals surface area contributed by atoms with Gasteiger partial charge in [0.25, 0.3) is 0 Å². The fourth-order valence-electron chi connectivity index (χ4n) is 1.91. The number of carboxylic acids is 1. The van der Waals surface area contributed by atoms with E-state index in [-0.39, 0.29) is 18.8 Å². The average Bonchev–Trinajstić information content (AvgIpc) is 2.12. The maximum absolute atomic E-state index is 10.5. The molecule has 0 amide bonds. The summed E-state index contributed by atoms with van der Waals surface area (Å²) >= 11 is 0. The van der Waals surface area contributed by atoms with E-state index in [0.29, 0.717) is 0 Å². The average molecular weight is 208 g/mol. The third kappa shape index (κ3) is 4.48. The molecule has 4 heteroatoms. The Morgan fingerprint density at radius 2 is 1.69 bits per heavy atom. The van der Waals surface area contributed by atoms with Crippen molar-refractivity contribution in [3.8, 4) is 0 Å². The molecule has 1 aliphatic rings. The van der Waals surface area contributed by atoms with Crippen LogP contribution in [0.15, 0.2) is 0 Å². The van der Waals surface area contributed by atoms with Gasteiger partial charge >= 0.3 is 5.97 Å². The summed E-state index contributed by atoms with van der Waals surface area (Å²) in [6, 6.07) is 0. The zero-order chi connectivity index (χ0) is 9.03. The van der Waals surface area contributed by atoms with Crippen molar-refractivity contribution in [3.63, 3.8) is 0 Å². The molecule has 1 fully saturated rings. The minimum atomic E-state index is -0.764. The van der Waals surface area contributed by atoms with Gasteiger partial charge in [-0.15, -0.1) is 12.4 Å². The third-order valence-electron chi connectivity index (χ3n) is 2.60. The van der Waals surface area contributed by atoms with Crippen molar-refractivity contribution in [2.24, 2.45) is 5.73 Å². The van der Waals surface area contributed by atoms with Gasteiger partial charge < -0.3 is 10.8 Å². The Kier molecular flexibility index (Phi) is 5.33. The first-order valence-corrected chi connectivity index (χ1v) is 4.63. The lowest BCUT2D eigenvalue weighted by atomic mass is 9.88. The lowest BCUT2D eigenvalue weighted by Crippen LogP contribution is -2.41. The van der Waals surface area contributed by atoms with E-state index in [2.05, 4.69) is 0 Å². The van der Waals surface area contributed by atoms with Crippen molar-refractivity contribution < 1.29 is 9.90 Å². The van der Waals surface area contributed by atoms with Crippen LogP contribution < -0.4 is 5.73 Å². The second kappa shape index (κ2) is 5.45. The van der Waals surface area contributed by atoms with Crippen LogP contribution in [0.25, 0.3) is 0 Å². The van der Waals surface area contributed by atoms with Crippen molar-refractivity contribution in [2.45, 2.75) is 50.5 Å². The Morgan fingerprint density at radius 3 is 2.08 bits per heavy atom. The number of aliphatic carboxylic acids is 1. The first-order chi connectivity index (χ1) is 5.62. The van der Waals surface area contributed by atoms with E-state index >= 15 is 0 Å². The van der Waals surface area contributed by atoms with Gasteiger partial charge in [0.1, 0.15) is 0 Å². The molecule has 0 heterocycles. The molecule has 0 atom stereocenters. The molecular formula is C9H18ClNO2. The van der Waals surface area contributed by atoms with Crippen molar-refractivity contribution >= 4 is 18.4 Å². The molecule has 0 radical (unpaired) electrons. The van der Waals surface area contributed by atoms with Crippen LogP contribution in [-0.2, 0) is 4.79 Å². The van der Waals surface area contributed by atoms with Crippen LogP contribution in [0.4, 0.5) is 0 Å². The highest BCUT2D eigenvalue weighted by molar-refractivity contribution is 5.85. The summed E-state index contributed by atoms with van der Waals surface area (Å²) in [5.41, 5.74) is 5.56. The Bertz CT molecular complexity index is 165. The Balaban J connectivity index is 0.00000144. The number of carbonyl (C=O) groups is 1. The Morgan fingerprint density at radius 1 is 1.23 bits per heavy atom. The van der Waals surface area contributed by atoms with Crippen LogP contribution in [0.1, 0.15) is 44.9 Å². The van der Waals surface area contributed by atoms with Gasteiger partial charge in [0, 0.05) is 5.54 Å². The standard InChI is InChI=1S/C9H17NO2.ClH/c10-9(7-8(11)12)5-3-1-2-4-6-9;/h1-7,10H2,(H,11,12);1H. The molecule has 0 aromatic carbocycles. The molecule has 13 heavy (non-hydrogen) atoms. The van der Waals surface area contributed by atoms with Crippen LogP contribution >= 0.6 is 12.4 Å². The first-order valence-electron chi connectivity index (χ1n) is 4.63. The van der Waals surface area contributed by atoms with E-state index in [1.54, 1.807) is 0 Å². The van der Waals surface area contributed by atoms with E-state index in [1.807, 2.05) is 0 Å². The summed E-state index contributed by atoms with van der Waals surface area (Å²) in [6.07, 6.45) is 6.47. The van der Waals surface area contributed by atoms with E-state index in [4.69, 9.17) is 10.8 Å². The molecule has 0 aliphatic heterocycles. The maximum Gasteiger partial charge on any atom is 0.305 e. The summed E-state index contributed by atoms with van der Waals surface area (Å²) < 4.78 is 0. The molecule has 0 spiro atoms. The van der Waals surface area contributed by atoms with Gasteiger partial charge in [-0.2, -0.15) is 0 Å². The molecule has 0 bridgehead atoms. The summed E-state index contributed by atoms with van der Waals surface area (Å²) in [5, 5.41) is 8.64. The van der Waals surface area contributed by atoms with Crippen molar-refractivity contribution in [2.75, 3.05) is 0 Å². The summed E-state index contributed by atoms with van der Waals surface area (Å²) in [5.74, 6) is -0.764. The Labute approximate surface area is 85.1 Å². The predicted octanol–water partition coefficient (Wildman–Crippen LogP) is 1.93. The van der Waals surface area contributed by atoms with Gasteiger partial charge in [-0.3, -0.25) is 4.79 Å². The minimum absolute atomic E-state index is 0. The van der Waals surface area contributed by atoms with E-state index < -0.39 is 11.5 Å². The van der Waals surface area contributed by atoms with Crippen molar-refractivity contribution in [1.82, 2.24) is 0 Å². The van der Waals surface area contributed by atoms with E-state index in [1.165, 1.54) is 12.8 Å². The topological polar surface area (TPSA) is 63.3 Å². The maximum atomic E-state index is 10.5. The number of rotatable bonds is 2. The third-order valence-corrected chi connectivity index (χ3v) is 2.60.